The lowest BCUT2D eigenvalue weighted by molar-refractivity contribution is -0.121. The standard InChI is InChI=1S/C15H19N3O4/c1-2-16-14(19)10-17-5-6-18(15(17)20)11-3-4-12-13(9-11)22-8-7-21-12/h3-4,9H,2,5-8,10H2,1H3,(H,16,19). The summed E-state index contributed by atoms with van der Waals surface area (Å²) in [5.41, 5.74) is 0.757. The Morgan fingerprint density at radius 2 is 2.00 bits per heavy atom. The maximum Gasteiger partial charge on any atom is 0.325 e. The van der Waals surface area contributed by atoms with Crippen molar-refractivity contribution < 1.29 is 19.1 Å². The van der Waals surface area contributed by atoms with E-state index in [1.54, 1.807) is 9.80 Å². The van der Waals surface area contributed by atoms with E-state index in [4.69, 9.17) is 9.47 Å². The summed E-state index contributed by atoms with van der Waals surface area (Å²) < 4.78 is 11.0. The van der Waals surface area contributed by atoms with Crippen molar-refractivity contribution >= 4 is 17.6 Å². The fourth-order valence-corrected chi connectivity index (χ4v) is 2.60. The molecule has 0 aromatic heterocycles. The number of ether oxygens (including phenoxy) is 2. The molecule has 7 heteroatoms. The zero-order valence-electron chi connectivity index (χ0n) is 12.5. The van der Waals surface area contributed by atoms with Crippen LogP contribution in [0, 0.1) is 0 Å². The van der Waals surface area contributed by atoms with Crippen LogP contribution in [0.15, 0.2) is 18.2 Å². The zero-order valence-corrected chi connectivity index (χ0v) is 12.5. The van der Waals surface area contributed by atoms with Crippen LogP contribution in [0.4, 0.5) is 10.5 Å². The van der Waals surface area contributed by atoms with Gasteiger partial charge in [-0.1, -0.05) is 0 Å². The van der Waals surface area contributed by atoms with Crippen molar-refractivity contribution in [1.29, 1.82) is 0 Å². The number of hydrogen-bond acceptors (Lipinski definition) is 4. The summed E-state index contributed by atoms with van der Waals surface area (Å²) in [6.07, 6.45) is 0. The van der Waals surface area contributed by atoms with Crippen LogP contribution in [0.2, 0.25) is 0 Å². The number of carbonyl (C=O) groups excluding carboxylic acids is 2. The highest BCUT2D eigenvalue weighted by Gasteiger charge is 2.31. The quantitative estimate of drug-likeness (QED) is 0.894. The molecule has 1 saturated heterocycles. The Kier molecular flexibility index (Phi) is 4.04. The third-order valence-electron chi connectivity index (χ3n) is 3.64. The molecule has 2 aliphatic heterocycles. The van der Waals surface area contributed by atoms with Crippen molar-refractivity contribution in [3.05, 3.63) is 18.2 Å². The maximum absolute atomic E-state index is 12.4. The van der Waals surface area contributed by atoms with E-state index in [9.17, 15) is 9.59 Å². The molecule has 1 fully saturated rings. The number of nitrogens with zero attached hydrogens (tertiary/aromatic N) is 2. The van der Waals surface area contributed by atoms with E-state index in [0.717, 1.165) is 5.69 Å². The summed E-state index contributed by atoms with van der Waals surface area (Å²) in [5.74, 6) is 1.21. The van der Waals surface area contributed by atoms with Crippen LogP contribution in [0.1, 0.15) is 6.92 Å². The Morgan fingerprint density at radius 3 is 2.77 bits per heavy atom. The third-order valence-corrected chi connectivity index (χ3v) is 3.64. The lowest BCUT2D eigenvalue weighted by Gasteiger charge is -2.22. The van der Waals surface area contributed by atoms with Crippen molar-refractivity contribution in [2.75, 3.05) is 44.3 Å². The molecule has 7 nitrogen and oxygen atoms in total. The number of hydrogen-bond donors (Lipinski definition) is 1. The highest BCUT2D eigenvalue weighted by atomic mass is 16.6. The monoisotopic (exact) mass is 305 g/mol. The van der Waals surface area contributed by atoms with Crippen molar-refractivity contribution in [3.63, 3.8) is 0 Å². The number of fused-ring (bicyclic) bond motifs is 1. The highest BCUT2D eigenvalue weighted by molar-refractivity contribution is 5.96. The number of rotatable bonds is 4. The van der Waals surface area contributed by atoms with Crippen LogP contribution in [-0.4, -0.2) is 56.2 Å². The summed E-state index contributed by atoms with van der Waals surface area (Å²) in [5, 5.41) is 2.70. The minimum atomic E-state index is -0.164. The van der Waals surface area contributed by atoms with Gasteiger partial charge in [0.05, 0.1) is 0 Å². The van der Waals surface area contributed by atoms with Gasteiger partial charge in [0.2, 0.25) is 5.91 Å². The molecule has 0 spiro atoms. The van der Waals surface area contributed by atoms with Crippen molar-refractivity contribution in [3.8, 4) is 11.5 Å². The number of urea groups is 1. The average molecular weight is 305 g/mol. The smallest absolute Gasteiger partial charge is 0.325 e. The van der Waals surface area contributed by atoms with Gasteiger partial charge < -0.3 is 19.7 Å². The molecule has 0 atom stereocenters. The number of amides is 3. The predicted molar refractivity (Wildman–Crippen MR) is 80.4 cm³/mol. The normalized spacial score (nSPS) is 16.9. The van der Waals surface area contributed by atoms with E-state index in [1.807, 2.05) is 25.1 Å². The lowest BCUT2D eigenvalue weighted by Crippen LogP contribution is -2.39. The maximum atomic E-state index is 12.4. The van der Waals surface area contributed by atoms with Gasteiger partial charge in [0, 0.05) is 31.4 Å². The molecule has 1 aromatic rings. The molecule has 0 unspecified atom stereocenters. The van der Waals surface area contributed by atoms with Gasteiger partial charge in [0.15, 0.2) is 11.5 Å². The predicted octanol–water partition coefficient (Wildman–Crippen LogP) is 0.836. The Morgan fingerprint density at radius 1 is 1.23 bits per heavy atom. The van der Waals surface area contributed by atoms with Crippen LogP contribution in [0.25, 0.3) is 0 Å². The van der Waals surface area contributed by atoms with Gasteiger partial charge in [-0.2, -0.15) is 0 Å². The van der Waals surface area contributed by atoms with Crippen LogP contribution < -0.4 is 19.7 Å². The second-order valence-corrected chi connectivity index (χ2v) is 5.14. The van der Waals surface area contributed by atoms with E-state index in [0.29, 0.717) is 44.3 Å². The first-order chi connectivity index (χ1) is 10.7. The number of likely N-dealkylation sites (N-methyl/N-ethyl adjacent to an activating group) is 1. The van der Waals surface area contributed by atoms with Gasteiger partial charge in [-0.3, -0.25) is 9.69 Å². The fourth-order valence-electron chi connectivity index (χ4n) is 2.60. The Bertz CT molecular complexity index is 590. The zero-order chi connectivity index (χ0) is 15.5. The van der Waals surface area contributed by atoms with Crippen LogP contribution in [0.5, 0.6) is 11.5 Å². The summed E-state index contributed by atoms with van der Waals surface area (Å²) in [7, 11) is 0. The summed E-state index contributed by atoms with van der Waals surface area (Å²) in [6.45, 7) is 4.64. The van der Waals surface area contributed by atoms with Gasteiger partial charge in [0.25, 0.3) is 0 Å². The summed E-state index contributed by atoms with van der Waals surface area (Å²) in [4.78, 5) is 27.2. The van der Waals surface area contributed by atoms with Crippen molar-refractivity contribution in [1.82, 2.24) is 10.2 Å². The lowest BCUT2D eigenvalue weighted by atomic mass is 10.2. The van der Waals surface area contributed by atoms with Crippen molar-refractivity contribution in [2.24, 2.45) is 0 Å². The van der Waals surface area contributed by atoms with Crippen molar-refractivity contribution in [2.45, 2.75) is 6.92 Å². The third kappa shape index (κ3) is 2.79. The topological polar surface area (TPSA) is 71.1 Å². The first-order valence-electron chi connectivity index (χ1n) is 7.42. The first-order valence-corrected chi connectivity index (χ1v) is 7.42. The first kappa shape index (κ1) is 14.5. The molecule has 0 aliphatic carbocycles. The van der Waals surface area contributed by atoms with Gasteiger partial charge in [-0.15, -0.1) is 0 Å². The molecule has 2 heterocycles. The number of anilines is 1. The van der Waals surface area contributed by atoms with E-state index in [-0.39, 0.29) is 18.5 Å². The Balaban J connectivity index is 1.71. The van der Waals surface area contributed by atoms with E-state index < -0.39 is 0 Å². The minimum Gasteiger partial charge on any atom is -0.486 e. The molecule has 3 amide bonds. The van der Waals surface area contributed by atoms with Gasteiger partial charge in [-0.25, -0.2) is 4.79 Å². The average Bonchev–Trinajstić information content (AvgIpc) is 2.88. The summed E-state index contributed by atoms with van der Waals surface area (Å²) in [6, 6.07) is 5.29. The second-order valence-electron chi connectivity index (χ2n) is 5.14. The molecule has 1 aromatic carbocycles. The highest BCUT2D eigenvalue weighted by Crippen LogP contribution is 2.34. The van der Waals surface area contributed by atoms with Gasteiger partial charge in [0.1, 0.15) is 19.8 Å². The molecule has 0 saturated carbocycles. The molecule has 0 radical (unpaired) electrons. The molecule has 0 bridgehead atoms. The second kappa shape index (κ2) is 6.13. The number of carbonyl (C=O) groups is 2. The fraction of sp³-hybridized carbons (Fsp3) is 0.467. The summed E-state index contributed by atoms with van der Waals surface area (Å²) >= 11 is 0. The number of nitrogens with one attached hydrogen (secondary N) is 1. The molecule has 118 valence electrons. The SMILES string of the molecule is CCNC(=O)CN1CCN(c2ccc3c(c2)OCCO3)C1=O. The molecular weight excluding hydrogens is 286 g/mol. The molecule has 1 N–H and O–H groups in total. The van der Waals surface area contributed by atoms with E-state index in [1.165, 1.54) is 0 Å². The largest absolute Gasteiger partial charge is 0.486 e. The Labute approximate surface area is 128 Å². The molecular formula is C15H19N3O4. The molecule has 3 rings (SSSR count). The van der Waals surface area contributed by atoms with Crippen LogP contribution in [0.3, 0.4) is 0 Å². The van der Waals surface area contributed by atoms with Gasteiger partial charge >= 0.3 is 6.03 Å². The van der Waals surface area contributed by atoms with E-state index >= 15 is 0 Å². The molecule has 22 heavy (non-hydrogen) atoms. The Hall–Kier alpha value is -2.44. The minimum absolute atomic E-state index is 0.0910. The molecule has 2 aliphatic rings. The van der Waals surface area contributed by atoms with Crippen LogP contribution >= 0.6 is 0 Å². The van der Waals surface area contributed by atoms with Crippen LogP contribution in [-0.2, 0) is 4.79 Å². The van der Waals surface area contributed by atoms with E-state index in [2.05, 4.69) is 5.32 Å². The number of benzene rings is 1. The van der Waals surface area contributed by atoms with Gasteiger partial charge in [-0.05, 0) is 19.1 Å².